The van der Waals surface area contributed by atoms with Gasteiger partial charge in [-0.3, -0.25) is 10.1 Å². The minimum Gasteiger partial charge on any atom is -0.449 e. The number of benzene rings is 2. The number of methoxy groups -OCH3 is 1. The van der Waals surface area contributed by atoms with Gasteiger partial charge in [-0.15, -0.1) is 0 Å². The fraction of sp³-hybridized carbons (Fsp3) is 0.286. The first-order valence-corrected chi connectivity index (χ1v) is 9.83. The van der Waals surface area contributed by atoms with Gasteiger partial charge in [-0.25, -0.2) is 4.79 Å². The van der Waals surface area contributed by atoms with E-state index in [0.717, 1.165) is 18.2 Å². The first-order chi connectivity index (χ1) is 16.1. The first-order valence-electron chi connectivity index (χ1n) is 9.83. The summed E-state index contributed by atoms with van der Waals surface area (Å²) in [4.78, 5) is 27.2. The molecule has 0 bridgehead atoms. The normalized spacial score (nSPS) is 12.3. The zero-order valence-electron chi connectivity index (χ0n) is 18.0. The molecule has 0 spiro atoms. The van der Waals surface area contributed by atoms with Gasteiger partial charge in [-0.1, -0.05) is 17.3 Å². The summed E-state index contributed by atoms with van der Waals surface area (Å²) in [6.45, 7) is 2.06. The fourth-order valence-corrected chi connectivity index (χ4v) is 2.88. The molecule has 0 aliphatic rings. The standard InChI is InChI=1S/C21H19F3N4O6/c1-12(19-26-18(27-34-19)13-4-3-5-15(10-13)21(22,23)24)33-20(29)14-6-7-16(25-8-9-32-2)17(11-14)28(30)31/h3-7,10-12,25H,8-9H2,1-2H3. The van der Waals surface area contributed by atoms with Crippen molar-refractivity contribution in [3.05, 3.63) is 69.6 Å². The molecule has 0 saturated heterocycles. The molecule has 1 N–H and O–H groups in total. The summed E-state index contributed by atoms with van der Waals surface area (Å²) in [6.07, 6.45) is -5.61. The van der Waals surface area contributed by atoms with E-state index in [2.05, 4.69) is 15.5 Å². The van der Waals surface area contributed by atoms with E-state index in [1.165, 1.54) is 38.3 Å². The van der Waals surface area contributed by atoms with Crippen LogP contribution in [0.15, 0.2) is 47.0 Å². The lowest BCUT2D eigenvalue weighted by molar-refractivity contribution is -0.384. The number of anilines is 1. The summed E-state index contributed by atoms with van der Waals surface area (Å²) in [6, 6.07) is 8.14. The van der Waals surface area contributed by atoms with Crippen LogP contribution in [0.4, 0.5) is 24.5 Å². The van der Waals surface area contributed by atoms with Gasteiger partial charge in [-0.05, 0) is 31.2 Å². The van der Waals surface area contributed by atoms with Crippen LogP contribution in [-0.4, -0.2) is 41.3 Å². The molecule has 0 radical (unpaired) electrons. The molecule has 34 heavy (non-hydrogen) atoms. The van der Waals surface area contributed by atoms with E-state index in [-0.39, 0.29) is 34.2 Å². The molecule has 0 saturated carbocycles. The van der Waals surface area contributed by atoms with Gasteiger partial charge >= 0.3 is 12.1 Å². The number of nitrogens with zero attached hydrogens (tertiary/aromatic N) is 3. The molecular weight excluding hydrogens is 461 g/mol. The Kier molecular flexibility index (Phi) is 7.46. The van der Waals surface area contributed by atoms with Crippen molar-refractivity contribution in [3.63, 3.8) is 0 Å². The quantitative estimate of drug-likeness (QED) is 0.201. The number of esters is 1. The molecule has 3 rings (SSSR count). The second-order valence-corrected chi connectivity index (χ2v) is 6.99. The summed E-state index contributed by atoms with van der Waals surface area (Å²) in [5.41, 5.74) is -1.03. The topological polar surface area (TPSA) is 130 Å². The number of rotatable bonds is 9. The number of halogens is 3. The number of hydrogen-bond acceptors (Lipinski definition) is 9. The monoisotopic (exact) mass is 480 g/mol. The number of aromatic nitrogens is 2. The summed E-state index contributed by atoms with van der Waals surface area (Å²) in [5.74, 6) is -1.17. The SMILES string of the molecule is COCCNc1ccc(C(=O)OC(C)c2nc(-c3cccc(C(F)(F)F)c3)no2)cc1[N+](=O)[O-]. The Hall–Kier alpha value is -4.00. The number of carbonyl (C=O) groups is 1. The zero-order chi connectivity index (χ0) is 24.9. The van der Waals surface area contributed by atoms with E-state index in [1.807, 2.05) is 0 Å². The predicted molar refractivity (Wildman–Crippen MR) is 112 cm³/mol. The molecule has 13 heteroatoms. The lowest BCUT2D eigenvalue weighted by Crippen LogP contribution is -2.12. The highest BCUT2D eigenvalue weighted by Crippen LogP contribution is 2.32. The molecule has 0 amide bonds. The van der Waals surface area contributed by atoms with Crippen molar-refractivity contribution >= 4 is 17.3 Å². The lowest BCUT2D eigenvalue weighted by atomic mass is 10.1. The van der Waals surface area contributed by atoms with Crippen LogP contribution in [0.1, 0.15) is 34.8 Å². The van der Waals surface area contributed by atoms with Gasteiger partial charge in [0.25, 0.3) is 11.6 Å². The van der Waals surface area contributed by atoms with Crippen molar-refractivity contribution in [2.24, 2.45) is 0 Å². The van der Waals surface area contributed by atoms with E-state index in [1.54, 1.807) is 0 Å². The Morgan fingerprint density at radius 2 is 2.03 bits per heavy atom. The maximum absolute atomic E-state index is 12.9. The molecule has 1 unspecified atom stereocenters. The van der Waals surface area contributed by atoms with Gasteiger partial charge in [0.05, 0.1) is 22.7 Å². The molecule has 3 aromatic rings. The summed E-state index contributed by atoms with van der Waals surface area (Å²) < 4.78 is 53.9. The number of hydrogen-bond donors (Lipinski definition) is 1. The highest BCUT2D eigenvalue weighted by Gasteiger charge is 2.31. The van der Waals surface area contributed by atoms with E-state index >= 15 is 0 Å². The number of ether oxygens (including phenoxy) is 2. The maximum atomic E-state index is 12.9. The first kappa shape index (κ1) is 24.6. The maximum Gasteiger partial charge on any atom is 0.416 e. The van der Waals surface area contributed by atoms with E-state index < -0.39 is 28.7 Å². The molecule has 1 heterocycles. The molecule has 1 atom stereocenters. The fourth-order valence-electron chi connectivity index (χ4n) is 2.88. The van der Waals surface area contributed by atoms with Crippen LogP contribution in [0.2, 0.25) is 0 Å². The molecule has 0 aliphatic carbocycles. The van der Waals surface area contributed by atoms with Gasteiger partial charge in [0, 0.05) is 25.3 Å². The van der Waals surface area contributed by atoms with Crippen LogP contribution in [0, 0.1) is 10.1 Å². The molecule has 10 nitrogen and oxygen atoms in total. The van der Waals surface area contributed by atoms with Crippen molar-refractivity contribution < 1.29 is 36.9 Å². The number of nitro benzene ring substituents is 1. The highest BCUT2D eigenvalue weighted by molar-refractivity contribution is 5.91. The second-order valence-electron chi connectivity index (χ2n) is 6.99. The third kappa shape index (κ3) is 5.86. The summed E-state index contributed by atoms with van der Waals surface area (Å²) in [7, 11) is 1.49. The van der Waals surface area contributed by atoms with Gasteiger partial charge < -0.3 is 19.3 Å². The van der Waals surface area contributed by atoms with Gasteiger partial charge in [0.15, 0.2) is 6.10 Å². The third-order valence-electron chi connectivity index (χ3n) is 4.57. The van der Waals surface area contributed by atoms with Crippen LogP contribution in [0.3, 0.4) is 0 Å². The van der Waals surface area contributed by atoms with Gasteiger partial charge in [0.1, 0.15) is 5.69 Å². The van der Waals surface area contributed by atoms with Crippen LogP contribution >= 0.6 is 0 Å². The summed E-state index contributed by atoms with van der Waals surface area (Å²) >= 11 is 0. The van der Waals surface area contributed by atoms with Gasteiger partial charge in [0.2, 0.25) is 5.82 Å². The van der Waals surface area contributed by atoms with E-state index in [0.29, 0.717) is 13.2 Å². The number of alkyl halides is 3. The van der Waals surface area contributed by atoms with Crippen molar-refractivity contribution in [1.29, 1.82) is 0 Å². The minimum absolute atomic E-state index is 0.0653. The Balaban J connectivity index is 1.74. The predicted octanol–water partition coefficient (Wildman–Crippen LogP) is 4.64. The van der Waals surface area contributed by atoms with Crippen LogP contribution in [0.5, 0.6) is 0 Å². The molecule has 0 aliphatic heterocycles. The average Bonchev–Trinajstić information content (AvgIpc) is 3.29. The third-order valence-corrected chi connectivity index (χ3v) is 4.57. The molecular formula is C21H19F3N4O6. The van der Waals surface area contributed by atoms with Crippen LogP contribution in [0.25, 0.3) is 11.4 Å². The largest absolute Gasteiger partial charge is 0.449 e. The average molecular weight is 480 g/mol. The number of nitro groups is 1. The van der Waals surface area contributed by atoms with Crippen LogP contribution in [-0.2, 0) is 15.7 Å². The Morgan fingerprint density at radius 3 is 2.71 bits per heavy atom. The number of nitrogens with one attached hydrogen (secondary N) is 1. The van der Waals surface area contributed by atoms with E-state index in [9.17, 15) is 28.1 Å². The van der Waals surface area contributed by atoms with Crippen LogP contribution < -0.4 is 5.32 Å². The molecule has 0 fully saturated rings. The second kappa shape index (κ2) is 10.3. The van der Waals surface area contributed by atoms with Crippen molar-refractivity contribution in [3.8, 4) is 11.4 Å². The van der Waals surface area contributed by atoms with Gasteiger partial charge in [-0.2, -0.15) is 18.2 Å². The molecule has 180 valence electrons. The smallest absolute Gasteiger partial charge is 0.416 e. The Morgan fingerprint density at radius 1 is 1.26 bits per heavy atom. The Labute approximate surface area is 190 Å². The highest BCUT2D eigenvalue weighted by atomic mass is 19.4. The minimum atomic E-state index is -4.54. The lowest BCUT2D eigenvalue weighted by Gasteiger charge is -2.11. The van der Waals surface area contributed by atoms with Crippen molar-refractivity contribution in [2.75, 3.05) is 25.6 Å². The molecule has 1 aromatic heterocycles. The molecule has 2 aromatic carbocycles. The van der Waals surface area contributed by atoms with Crippen molar-refractivity contribution in [1.82, 2.24) is 10.1 Å². The Bertz CT molecular complexity index is 1180. The number of carbonyl (C=O) groups excluding carboxylic acids is 1. The summed E-state index contributed by atoms with van der Waals surface area (Å²) in [5, 5.41) is 17.9. The zero-order valence-corrected chi connectivity index (χ0v) is 18.0. The van der Waals surface area contributed by atoms with E-state index in [4.69, 9.17) is 14.0 Å². The van der Waals surface area contributed by atoms with Crippen molar-refractivity contribution in [2.45, 2.75) is 19.2 Å².